The van der Waals surface area contributed by atoms with Crippen LogP contribution in [0.15, 0.2) is 22.6 Å². The summed E-state index contributed by atoms with van der Waals surface area (Å²) in [6, 6.07) is 4.56. The summed E-state index contributed by atoms with van der Waals surface area (Å²) >= 11 is 0. The molecule has 1 aromatic heterocycles. The second-order valence-corrected chi connectivity index (χ2v) is 7.26. The highest BCUT2D eigenvalue weighted by Crippen LogP contribution is 2.34. The van der Waals surface area contributed by atoms with Crippen LogP contribution in [0.2, 0.25) is 0 Å². The van der Waals surface area contributed by atoms with Gasteiger partial charge in [-0.2, -0.15) is 0 Å². The maximum atomic E-state index is 13.2. The quantitative estimate of drug-likeness (QED) is 0.837. The third-order valence-electron chi connectivity index (χ3n) is 5.28. The van der Waals surface area contributed by atoms with E-state index in [1.54, 1.807) is 13.0 Å². The van der Waals surface area contributed by atoms with Crippen molar-refractivity contribution in [1.82, 2.24) is 15.1 Å². The Morgan fingerprint density at radius 1 is 1.31 bits per heavy atom. The van der Waals surface area contributed by atoms with E-state index in [0.717, 1.165) is 17.5 Å². The first-order valence-electron chi connectivity index (χ1n) is 8.95. The Morgan fingerprint density at radius 2 is 2.15 bits per heavy atom. The predicted molar refractivity (Wildman–Crippen MR) is 90.9 cm³/mol. The van der Waals surface area contributed by atoms with E-state index in [2.05, 4.69) is 10.2 Å². The molecule has 2 saturated heterocycles. The summed E-state index contributed by atoms with van der Waals surface area (Å²) in [4.78, 5) is 14.5. The number of aryl methyl sites for hydroxylation is 2. The summed E-state index contributed by atoms with van der Waals surface area (Å²) in [5, 5.41) is 7.86. The molecule has 4 rings (SSSR count). The molecule has 0 aliphatic carbocycles. The molecule has 6 nitrogen and oxygen atoms in total. The van der Waals surface area contributed by atoms with Gasteiger partial charge in [-0.1, -0.05) is 6.07 Å². The predicted octanol–water partition coefficient (Wildman–Crippen LogP) is 2.23. The number of ether oxygens (including phenoxy) is 1. The monoisotopic (exact) mass is 359 g/mol. The number of fused-ring (bicyclic) bond motifs is 1. The summed E-state index contributed by atoms with van der Waals surface area (Å²) in [5.41, 5.74) is 1.68. The Bertz CT molecular complexity index is 808. The highest BCUT2D eigenvalue weighted by Gasteiger charge is 2.43. The van der Waals surface area contributed by atoms with Crippen LogP contribution in [0.3, 0.4) is 0 Å². The summed E-state index contributed by atoms with van der Waals surface area (Å²) in [7, 11) is 0. The molecule has 0 saturated carbocycles. The second-order valence-electron chi connectivity index (χ2n) is 7.26. The van der Waals surface area contributed by atoms with Gasteiger partial charge in [0, 0.05) is 25.9 Å². The zero-order valence-corrected chi connectivity index (χ0v) is 14.9. The van der Waals surface area contributed by atoms with Gasteiger partial charge in [-0.25, -0.2) is 4.39 Å². The molecule has 7 heteroatoms. The van der Waals surface area contributed by atoms with Crippen molar-refractivity contribution in [2.24, 2.45) is 5.92 Å². The second kappa shape index (κ2) is 6.79. The zero-order valence-electron chi connectivity index (χ0n) is 14.9. The number of likely N-dealkylation sites (tertiary alicyclic amines) is 1. The fourth-order valence-electron chi connectivity index (χ4n) is 3.94. The number of amides is 1. The molecule has 3 atom stereocenters. The molecule has 26 heavy (non-hydrogen) atoms. The molecule has 2 aliphatic rings. The lowest BCUT2D eigenvalue weighted by Crippen LogP contribution is -2.33. The van der Waals surface area contributed by atoms with Gasteiger partial charge in [0.2, 0.25) is 17.7 Å². The van der Waals surface area contributed by atoms with E-state index in [1.165, 1.54) is 12.1 Å². The zero-order chi connectivity index (χ0) is 18.3. The van der Waals surface area contributed by atoms with Gasteiger partial charge in [0.25, 0.3) is 0 Å². The molecule has 0 N–H and O–H groups in total. The van der Waals surface area contributed by atoms with Crippen LogP contribution in [0.4, 0.5) is 4.39 Å². The van der Waals surface area contributed by atoms with Gasteiger partial charge < -0.3 is 14.1 Å². The van der Waals surface area contributed by atoms with Gasteiger partial charge in [0.1, 0.15) is 5.82 Å². The lowest BCUT2D eigenvalue weighted by atomic mass is 10.0. The Kier molecular flexibility index (Phi) is 4.48. The third-order valence-corrected chi connectivity index (χ3v) is 5.28. The number of nitrogens with zero attached hydrogens (tertiary/aromatic N) is 3. The van der Waals surface area contributed by atoms with Crippen molar-refractivity contribution >= 4 is 5.91 Å². The van der Waals surface area contributed by atoms with Crippen LogP contribution >= 0.6 is 0 Å². The molecule has 1 amide bonds. The topological polar surface area (TPSA) is 68.5 Å². The van der Waals surface area contributed by atoms with Crippen LogP contribution < -0.4 is 0 Å². The number of carbonyl (C=O) groups is 1. The average Bonchev–Trinajstić information content (AvgIpc) is 3.25. The standard InChI is InChI=1S/C19H22FN3O3/c1-11-5-15(20)4-3-13(11)7-19(24)23-9-14-6-16(26-17(14)10-23)8-18-22-21-12(2)25-18/h3-5,14,16-17H,6-10H2,1-2H3/t14-,16+,17+/m1/s1. The van der Waals surface area contributed by atoms with E-state index in [4.69, 9.17) is 9.15 Å². The van der Waals surface area contributed by atoms with Gasteiger partial charge in [0.05, 0.1) is 25.0 Å². The van der Waals surface area contributed by atoms with Crippen LogP contribution in [0.1, 0.15) is 29.3 Å². The van der Waals surface area contributed by atoms with Crippen molar-refractivity contribution in [3.63, 3.8) is 0 Å². The molecule has 138 valence electrons. The molecular formula is C19H22FN3O3. The van der Waals surface area contributed by atoms with Crippen molar-refractivity contribution < 1.29 is 18.3 Å². The first kappa shape index (κ1) is 17.1. The Hall–Kier alpha value is -2.28. The number of hydrogen-bond acceptors (Lipinski definition) is 5. The third kappa shape index (κ3) is 3.49. The van der Waals surface area contributed by atoms with E-state index >= 15 is 0 Å². The van der Waals surface area contributed by atoms with E-state index in [0.29, 0.717) is 43.6 Å². The van der Waals surface area contributed by atoms with Crippen molar-refractivity contribution in [2.45, 2.75) is 45.3 Å². The minimum Gasteiger partial charge on any atom is -0.426 e. The van der Waals surface area contributed by atoms with Crippen LogP contribution in [0.5, 0.6) is 0 Å². The van der Waals surface area contributed by atoms with E-state index < -0.39 is 0 Å². The van der Waals surface area contributed by atoms with E-state index in [1.807, 2.05) is 11.8 Å². The Morgan fingerprint density at radius 3 is 2.85 bits per heavy atom. The largest absolute Gasteiger partial charge is 0.426 e. The normalized spacial score (nSPS) is 24.9. The molecule has 0 unspecified atom stereocenters. The number of benzene rings is 1. The van der Waals surface area contributed by atoms with Crippen LogP contribution in [-0.4, -0.2) is 46.3 Å². The SMILES string of the molecule is Cc1nnc(C[C@@H]2C[C@@H]3CN(C(=O)Cc4ccc(F)cc4C)C[C@@H]3O2)o1. The molecule has 3 heterocycles. The number of halogens is 1. The minimum absolute atomic E-state index is 0.0708. The lowest BCUT2D eigenvalue weighted by Gasteiger charge is -2.19. The molecule has 1 aromatic carbocycles. The van der Waals surface area contributed by atoms with Gasteiger partial charge in [-0.3, -0.25) is 4.79 Å². The molecule has 2 aromatic rings. The minimum atomic E-state index is -0.273. The van der Waals surface area contributed by atoms with Gasteiger partial charge >= 0.3 is 0 Å². The molecule has 2 aliphatic heterocycles. The van der Waals surface area contributed by atoms with Crippen molar-refractivity contribution in [1.29, 1.82) is 0 Å². The first-order chi connectivity index (χ1) is 12.5. The summed E-state index contributed by atoms with van der Waals surface area (Å²) in [6.45, 7) is 4.93. The summed E-state index contributed by atoms with van der Waals surface area (Å²) in [5.74, 6) is 1.31. The van der Waals surface area contributed by atoms with E-state index in [-0.39, 0.29) is 23.9 Å². The number of carbonyl (C=O) groups excluding carboxylic acids is 1. The maximum Gasteiger partial charge on any atom is 0.227 e. The van der Waals surface area contributed by atoms with Crippen LogP contribution in [0, 0.1) is 25.6 Å². The smallest absolute Gasteiger partial charge is 0.227 e. The summed E-state index contributed by atoms with van der Waals surface area (Å²) in [6.07, 6.45) is 1.96. The van der Waals surface area contributed by atoms with Gasteiger partial charge in [-0.05, 0) is 36.6 Å². The number of hydrogen-bond donors (Lipinski definition) is 0. The molecular weight excluding hydrogens is 337 g/mol. The first-order valence-corrected chi connectivity index (χ1v) is 8.95. The van der Waals surface area contributed by atoms with Crippen molar-refractivity contribution in [3.05, 3.63) is 46.9 Å². The Balaban J connectivity index is 1.32. The molecule has 2 fully saturated rings. The number of aromatic nitrogens is 2. The molecule has 0 bridgehead atoms. The molecule has 0 spiro atoms. The summed E-state index contributed by atoms with van der Waals surface area (Å²) < 4.78 is 24.7. The molecule has 0 radical (unpaired) electrons. The fraction of sp³-hybridized carbons (Fsp3) is 0.526. The fourth-order valence-corrected chi connectivity index (χ4v) is 3.94. The van der Waals surface area contributed by atoms with Gasteiger partial charge in [0.15, 0.2) is 0 Å². The maximum absolute atomic E-state index is 13.2. The van der Waals surface area contributed by atoms with E-state index in [9.17, 15) is 9.18 Å². The van der Waals surface area contributed by atoms with Crippen LogP contribution in [0.25, 0.3) is 0 Å². The highest BCUT2D eigenvalue weighted by atomic mass is 19.1. The Labute approximate surface area is 151 Å². The van der Waals surface area contributed by atoms with Crippen molar-refractivity contribution in [3.8, 4) is 0 Å². The van der Waals surface area contributed by atoms with Gasteiger partial charge in [-0.15, -0.1) is 10.2 Å². The highest BCUT2D eigenvalue weighted by molar-refractivity contribution is 5.79. The van der Waals surface area contributed by atoms with Crippen molar-refractivity contribution in [2.75, 3.05) is 13.1 Å². The average molecular weight is 359 g/mol. The lowest BCUT2D eigenvalue weighted by molar-refractivity contribution is -0.130. The van der Waals surface area contributed by atoms with Crippen LogP contribution in [-0.2, 0) is 22.4 Å². The number of rotatable bonds is 4.